The molecule has 0 aliphatic heterocycles. The number of carbonyl (C=O) groups is 2. The Kier molecular flexibility index (Phi) is 11.9. The second-order valence-electron chi connectivity index (χ2n) is 12.2. The maximum atomic E-state index is 13.0. The molecular weight excluding hydrogens is 726 g/mol. The molecule has 0 atom stereocenters. The van der Waals surface area contributed by atoms with Gasteiger partial charge in [0.25, 0.3) is 0 Å². The summed E-state index contributed by atoms with van der Waals surface area (Å²) in [5.41, 5.74) is 15.5. The number of hydrogen-bond acceptors (Lipinski definition) is 7. The highest BCUT2D eigenvalue weighted by Gasteiger charge is 2.31. The summed E-state index contributed by atoms with van der Waals surface area (Å²) in [6, 6.07) is 26.3. The molecule has 6 aromatic rings. The molecule has 0 unspecified atom stereocenters. The van der Waals surface area contributed by atoms with Gasteiger partial charge in [0.2, 0.25) is 0 Å². The van der Waals surface area contributed by atoms with Crippen molar-refractivity contribution in [2.75, 3.05) is 18.6 Å². The molecule has 0 aliphatic carbocycles. The fraction of sp³-hybridized carbons (Fsp3) is 0.122. The molecular formula is C41H32F6N4O4. The molecule has 2 aromatic heterocycles. The van der Waals surface area contributed by atoms with Crippen LogP contribution in [-0.4, -0.2) is 34.1 Å². The normalized spacial score (nSPS) is 11.3. The van der Waals surface area contributed by atoms with Crippen molar-refractivity contribution in [3.8, 4) is 22.3 Å². The third-order valence-corrected chi connectivity index (χ3v) is 8.37. The zero-order valence-corrected chi connectivity index (χ0v) is 29.0. The van der Waals surface area contributed by atoms with Crippen molar-refractivity contribution < 1.29 is 45.8 Å². The van der Waals surface area contributed by atoms with E-state index in [4.69, 9.17) is 16.2 Å². The van der Waals surface area contributed by atoms with Gasteiger partial charge < -0.3 is 21.3 Å². The van der Waals surface area contributed by atoms with Crippen molar-refractivity contribution in [2.45, 2.75) is 25.2 Å². The lowest BCUT2D eigenvalue weighted by Gasteiger charge is -2.14. The van der Waals surface area contributed by atoms with Crippen molar-refractivity contribution >= 4 is 23.6 Å². The number of nitrogens with two attached hydrogens (primary N) is 2. The van der Waals surface area contributed by atoms with E-state index in [1.807, 2.05) is 0 Å². The summed E-state index contributed by atoms with van der Waals surface area (Å²) in [6.45, 7) is 0. The molecule has 5 N–H and O–H groups in total. The molecule has 8 nitrogen and oxygen atoms in total. The summed E-state index contributed by atoms with van der Waals surface area (Å²) in [5.74, 6) is -1.04. The lowest BCUT2D eigenvalue weighted by Crippen LogP contribution is -2.06. The number of pyridine rings is 2. The molecule has 14 heteroatoms. The number of methoxy groups -OCH3 is 1. The number of carboxylic acid groups (broad SMARTS) is 1. The van der Waals surface area contributed by atoms with Crippen LogP contribution in [0.2, 0.25) is 0 Å². The predicted octanol–water partition coefficient (Wildman–Crippen LogP) is 9.37. The third-order valence-electron chi connectivity index (χ3n) is 8.37. The van der Waals surface area contributed by atoms with Crippen molar-refractivity contribution in [1.29, 1.82) is 0 Å². The lowest BCUT2D eigenvalue weighted by atomic mass is 9.93. The number of nitrogen functional groups attached to an aromatic ring is 2. The Bertz CT molecular complexity index is 2340. The number of esters is 1. The highest BCUT2D eigenvalue weighted by atomic mass is 19.4. The van der Waals surface area contributed by atoms with E-state index in [0.29, 0.717) is 50.3 Å². The number of hydrogen-bond donors (Lipinski definition) is 3. The average Bonchev–Trinajstić information content (AvgIpc) is 3.14. The van der Waals surface area contributed by atoms with Crippen LogP contribution in [0.1, 0.15) is 54.1 Å². The zero-order chi connectivity index (χ0) is 39.9. The van der Waals surface area contributed by atoms with Gasteiger partial charge in [-0.1, -0.05) is 48.5 Å². The molecule has 0 spiro atoms. The number of aromatic carboxylic acids is 1. The van der Waals surface area contributed by atoms with Crippen molar-refractivity contribution in [3.63, 3.8) is 0 Å². The van der Waals surface area contributed by atoms with Crippen LogP contribution >= 0.6 is 0 Å². The van der Waals surface area contributed by atoms with Gasteiger partial charge in [-0.3, -0.25) is 0 Å². The van der Waals surface area contributed by atoms with E-state index >= 15 is 0 Å². The van der Waals surface area contributed by atoms with Gasteiger partial charge >= 0.3 is 24.3 Å². The maximum Gasteiger partial charge on any atom is 0.416 e. The molecule has 0 amide bonds. The number of anilines is 2. The summed E-state index contributed by atoms with van der Waals surface area (Å²) in [5, 5.41) is 9.26. The summed E-state index contributed by atoms with van der Waals surface area (Å²) >= 11 is 0. The van der Waals surface area contributed by atoms with Crippen LogP contribution in [0.3, 0.4) is 0 Å². The minimum Gasteiger partial charge on any atom is -0.478 e. The van der Waals surface area contributed by atoms with E-state index in [1.165, 1.54) is 43.8 Å². The van der Waals surface area contributed by atoms with Gasteiger partial charge in [-0.2, -0.15) is 26.3 Å². The highest BCUT2D eigenvalue weighted by Crippen LogP contribution is 2.34. The molecule has 6 rings (SSSR count). The van der Waals surface area contributed by atoms with E-state index in [9.17, 15) is 41.0 Å². The van der Waals surface area contributed by atoms with Gasteiger partial charge in [-0.25, -0.2) is 19.6 Å². The first kappa shape index (κ1) is 39.5. The Balaban J connectivity index is 0.000000211. The van der Waals surface area contributed by atoms with Gasteiger partial charge in [0, 0.05) is 12.4 Å². The number of alkyl halides is 6. The standard InChI is InChI=1S/C21H17F3N2O2.C20H15F3N2O2/c1-28-20(27)16-6-5-14(18(11-16)15-7-8-26-19(25)12-15)9-13-3-2-4-17(10-13)21(22,23)24;21-20(22,23)16-3-1-2-12(9-16)8-13-4-5-15(19(26)27)10-17(13)14-6-7-25-18(24)11-14/h2-8,10-12H,9H2,1H3,(H2,25,26);1-7,9-11H,8H2,(H2,24,25)(H,26,27). The number of halogens is 6. The Labute approximate surface area is 311 Å². The Hall–Kier alpha value is -6.70. The van der Waals surface area contributed by atoms with Gasteiger partial charge in [0.15, 0.2) is 0 Å². The van der Waals surface area contributed by atoms with Gasteiger partial charge in [-0.15, -0.1) is 0 Å². The number of ether oxygens (including phenoxy) is 1. The smallest absolute Gasteiger partial charge is 0.416 e. The van der Waals surface area contributed by atoms with Crippen LogP contribution in [0.15, 0.2) is 122 Å². The molecule has 4 aromatic carbocycles. The minimum atomic E-state index is -4.43. The van der Waals surface area contributed by atoms with Crippen LogP contribution in [0, 0.1) is 0 Å². The summed E-state index contributed by atoms with van der Waals surface area (Å²) in [6.07, 6.45) is -5.35. The fourth-order valence-corrected chi connectivity index (χ4v) is 5.76. The van der Waals surface area contributed by atoms with E-state index in [1.54, 1.807) is 60.7 Å². The molecule has 0 saturated heterocycles. The monoisotopic (exact) mass is 758 g/mol. The molecule has 0 aliphatic rings. The number of benzene rings is 4. The number of carboxylic acids is 1. The van der Waals surface area contributed by atoms with Gasteiger partial charge in [0.1, 0.15) is 11.6 Å². The summed E-state index contributed by atoms with van der Waals surface area (Å²) in [4.78, 5) is 31.1. The van der Waals surface area contributed by atoms with E-state index in [2.05, 4.69) is 9.97 Å². The summed E-state index contributed by atoms with van der Waals surface area (Å²) < 4.78 is 82.6. The van der Waals surface area contributed by atoms with Crippen molar-refractivity contribution in [2.24, 2.45) is 0 Å². The number of nitrogens with zero attached hydrogens (tertiary/aromatic N) is 2. The fourth-order valence-electron chi connectivity index (χ4n) is 5.76. The molecule has 0 fully saturated rings. The highest BCUT2D eigenvalue weighted by molar-refractivity contribution is 5.92. The SMILES string of the molecule is COC(=O)c1ccc(Cc2cccc(C(F)(F)F)c2)c(-c2ccnc(N)c2)c1.Nc1cc(-c2cc(C(=O)O)ccc2Cc2cccc(C(F)(F)F)c2)ccn1. The van der Waals surface area contributed by atoms with E-state index in [0.717, 1.165) is 29.8 Å². The van der Waals surface area contributed by atoms with E-state index in [-0.39, 0.29) is 24.2 Å². The second kappa shape index (κ2) is 16.5. The summed E-state index contributed by atoms with van der Waals surface area (Å²) in [7, 11) is 1.28. The second-order valence-corrected chi connectivity index (χ2v) is 12.2. The first-order valence-electron chi connectivity index (χ1n) is 16.4. The van der Waals surface area contributed by atoms with E-state index < -0.39 is 35.4 Å². The topological polar surface area (TPSA) is 141 Å². The molecule has 0 saturated carbocycles. The third kappa shape index (κ3) is 10.3. The Morgan fingerprint density at radius 2 is 1.05 bits per heavy atom. The van der Waals surface area contributed by atoms with Gasteiger partial charge in [-0.05, 0) is 118 Å². The Morgan fingerprint density at radius 1 is 0.618 bits per heavy atom. The number of carbonyl (C=O) groups excluding carboxylic acids is 1. The van der Waals surface area contributed by atoms with Crippen LogP contribution in [0.5, 0.6) is 0 Å². The number of rotatable bonds is 8. The van der Waals surface area contributed by atoms with Crippen LogP contribution in [0.4, 0.5) is 38.0 Å². The lowest BCUT2D eigenvalue weighted by molar-refractivity contribution is -0.138. The molecule has 2 heterocycles. The minimum absolute atomic E-state index is 0.0770. The Morgan fingerprint density at radius 3 is 1.45 bits per heavy atom. The maximum absolute atomic E-state index is 13.0. The predicted molar refractivity (Wildman–Crippen MR) is 195 cm³/mol. The first-order chi connectivity index (χ1) is 26.0. The first-order valence-corrected chi connectivity index (χ1v) is 16.4. The van der Waals surface area contributed by atoms with Crippen molar-refractivity contribution in [1.82, 2.24) is 9.97 Å². The molecule has 55 heavy (non-hydrogen) atoms. The largest absolute Gasteiger partial charge is 0.478 e. The molecule has 282 valence electrons. The average molecular weight is 759 g/mol. The quantitative estimate of drug-likeness (QED) is 0.103. The number of aromatic nitrogens is 2. The van der Waals surface area contributed by atoms with Crippen LogP contribution in [-0.2, 0) is 29.9 Å². The zero-order valence-electron chi connectivity index (χ0n) is 29.0. The van der Waals surface area contributed by atoms with Crippen LogP contribution in [0.25, 0.3) is 22.3 Å². The van der Waals surface area contributed by atoms with Gasteiger partial charge in [0.05, 0.1) is 29.4 Å². The molecule has 0 radical (unpaired) electrons. The molecule has 0 bridgehead atoms. The van der Waals surface area contributed by atoms with Crippen LogP contribution < -0.4 is 11.5 Å². The van der Waals surface area contributed by atoms with Crippen molar-refractivity contribution in [3.05, 3.63) is 166 Å².